The molecule has 3 amide bonds. The maximum atomic E-state index is 13.3. The molecule has 0 aliphatic carbocycles. The van der Waals surface area contributed by atoms with Crippen molar-refractivity contribution in [3.63, 3.8) is 0 Å². The highest BCUT2D eigenvalue weighted by Gasteiger charge is 2.44. The molecule has 1 saturated heterocycles. The van der Waals surface area contributed by atoms with Crippen LogP contribution in [0.3, 0.4) is 0 Å². The molecule has 134 valence electrons. The molecule has 0 aromatic heterocycles. The largest absolute Gasteiger partial charge is 0.271 e. The van der Waals surface area contributed by atoms with Gasteiger partial charge < -0.3 is 0 Å². The minimum absolute atomic E-state index is 0.0702. The molecular weight excluding hydrogens is 318 g/mol. The van der Waals surface area contributed by atoms with Gasteiger partial charge in [0.1, 0.15) is 6.04 Å². The third kappa shape index (κ3) is 2.95. The van der Waals surface area contributed by atoms with Gasteiger partial charge in [0.2, 0.25) is 0 Å². The van der Waals surface area contributed by atoms with Gasteiger partial charge in [-0.15, -0.1) is 0 Å². The first-order chi connectivity index (χ1) is 12.0. The van der Waals surface area contributed by atoms with Crippen molar-refractivity contribution in [2.24, 2.45) is 0 Å². The summed E-state index contributed by atoms with van der Waals surface area (Å²) in [5, 5.41) is 3.64. The lowest BCUT2D eigenvalue weighted by Gasteiger charge is -2.43. The van der Waals surface area contributed by atoms with E-state index in [1.165, 1.54) is 4.90 Å². The summed E-state index contributed by atoms with van der Waals surface area (Å²) in [6.07, 6.45) is 3.15. The number of carbonyl (C=O) groups excluding carboxylic acids is 3. The van der Waals surface area contributed by atoms with Gasteiger partial charge in [-0.2, -0.15) is 0 Å². The smallest absolute Gasteiger partial charge is 0.262 e. The molecule has 0 spiro atoms. The molecule has 0 N–H and O–H groups in total. The van der Waals surface area contributed by atoms with E-state index in [2.05, 4.69) is 0 Å². The Morgan fingerprint density at radius 1 is 1.20 bits per heavy atom. The molecule has 0 radical (unpaired) electrons. The van der Waals surface area contributed by atoms with Crippen LogP contribution in [-0.2, 0) is 4.79 Å². The average molecular weight is 343 g/mol. The first-order valence-electron chi connectivity index (χ1n) is 8.98. The van der Waals surface area contributed by atoms with Crippen LogP contribution >= 0.6 is 0 Å². The van der Waals surface area contributed by atoms with Gasteiger partial charge >= 0.3 is 0 Å². The Kier molecular flexibility index (Phi) is 4.90. The summed E-state index contributed by atoms with van der Waals surface area (Å²) >= 11 is 0. The second kappa shape index (κ2) is 6.96. The maximum absolute atomic E-state index is 13.3. The molecule has 0 saturated carbocycles. The Labute approximate surface area is 148 Å². The topological polar surface area (TPSA) is 60.9 Å². The van der Waals surface area contributed by atoms with Gasteiger partial charge in [0, 0.05) is 19.6 Å². The normalized spacial score (nSPS) is 22.3. The van der Waals surface area contributed by atoms with E-state index in [0.29, 0.717) is 17.5 Å². The van der Waals surface area contributed by atoms with Gasteiger partial charge in [-0.1, -0.05) is 25.5 Å². The zero-order valence-corrected chi connectivity index (χ0v) is 15.1. The van der Waals surface area contributed by atoms with Crippen LogP contribution in [0.2, 0.25) is 0 Å². The quantitative estimate of drug-likeness (QED) is 0.787. The van der Waals surface area contributed by atoms with E-state index in [4.69, 9.17) is 0 Å². The Morgan fingerprint density at radius 2 is 1.80 bits per heavy atom. The van der Waals surface area contributed by atoms with Crippen LogP contribution in [0, 0.1) is 0 Å². The third-order valence-corrected chi connectivity index (χ3v) is 5.10. The molecule has 1 aromatic carbocycles. The van der Waals surface area contributed by atoms with Gasteiger partial charge in [0.05, 0.1) is 11.1 Å². The van der Waals surface area contributed by atoms with E-state index in [-0.39, 0.29) is 23.8 Å². The lowest BCUT2D eigenvalue weighted by molar-refractivity contribution is -0.161. The Hall–Kier alpha value is -2.21. The molecule has 2 heterocycles. The van der Waals surface area contributed by atoms with Gasteiger partial charge in [-0.3, -0.25) is 24.3 Å². The second-order valence-electron chi connectivity index (χ2n) is 6.89. The molecule has 2 atom stereocenters. The van der Waals surface area contributed by atoms with Crippen LogP contribution in [0.1, 0.15) is 60.2 Å². The monoisotopic (exact) mass is 343 g/mol. The van der Waals surface area contributed by atoms with Crippen molar-refractivity contribution in [3.8, 4) is 0 Å². The van der Waals surface area contributed by atoms with Crippen molar-refractivity contribution in [1.82, 2.24) is 14.9 Å². The highest BCUT2D eigenvalue weighted by Crippen LogP contribution is 2.28. The number of hydrogen-bond donors (Lipinski definition) is 0. The van der Waals surface area contributed by atoms with Crippen molar-refractivity contribution in [2.45, 2.75) is 51.6 Å². The number of hydrogen-bond acceptors (Lipinski definition) is 4. The van der Waals surface area contributed by atoms with Gasteiger partial charge in [-0.05, 0) is 38.3 Å². The van der Waals surface area contributed by atoms with E-state index in [1.807, 2.05) is 25.9 Å². The standard InChI is InChI=1S/C19H25N3O3/c1-4-8-16(19(25)22-13(2)9-7-12-20(22)3)21-17(23)14-10-5-6-11-15(14)18(21)24/h5-6,10-11,13,16H,4,7-9,12H2,1-3H3/t13-,16+/m1/s1. The van der Waals surface area contributed by atoms with E-state index >= 15 is 0 Å². The summed E-state index contributed by atoms with van der Waals surface area (Å²) in [6, 6.07) is 6.10. The molecule has 1 aromatic rings. The number of fused-ring (bicyclic) bond motifs is 1. The van der Waals surface area contributed by atoms with Gasteiger partial charge in [0.25, 0.3) is 17.7 Å². The van der Waals surface area contributed by atoms with E-state index in [0.717, 1.165) is 25.8 Å². The predicted molar refractivity (Wildman–Crippen MR) is 93.8 cm³/mol. The van der Waals surface area contributed by atoms with Crippen LogP contribution in [0.15, 0.2) is 24.3 Å². The van der Waals surface area contributed by atoms with Gasteiger partial charge in [0.15, 0.2) is 0 Å². The third-order valence-electron chi connectivity index (χ3n) is 5.10. The lowest BCUT2D eigenvalue weighted by Crippen LogP contribution is -2.59. The molecular formula is C19H25N3O3. The number of benzene rings is 1. The van der Waals surface area contributed by atoms with Crippen molar-refractivity contribution < 1.29 is 14.4 Å². The summed E-state index contributed by atoms with van der Waals surface area (Å²) in [4.78, 5) is 40.0. The summed E-state index contributed by atoms with van der Waals surface area (Å²) in [5.41, 5.74) is 0.780. The number of rotatable bonds is 4. The summed E-state index contributed by atoms with van der Waals surface area (Å²) in [6.45, 7) is 4.78. The summed E-state index contributed by atoms with van der Waals surface area (Å²) in [7, 11) is 1.89. The molecule has 0 bridgehead atoms. The zero-order chi connectivity index (χ0) is 18.1. The predicted octanol–water partition coefficient (Wildman–Crippen LogP) is 2.31. The zero-order valence-electron chi connectivity index (χ0n) is 15.1. The number of nitrogens with zero attached hydrogens (tertiary/aromatic N) is 3. The average Bonchev–Trinajstić information content (AvgIpc) is 2.84. The highest BCUT2D eigenvalue weighted by molar-refractivity contribution is 6.22. The SMILES string of the molecule is CCC[C@@H](C(=O)N1[C@H](C)CCCN1C)N1C(=O)c2ccccc2C1=O. The first-order valence-corrected chi connectivity index (χ1v) is 8.98. The van der Waals surface area contributed by atoms with Crippen LogP contribution in [-0.4, -0.2) is 58.3 Å². The van der Waals surface area contributed by atoms with E-state index in [9.17, 15) is 14.4 Å². The van der Waals surface area contributed by atoms with Crippen molar-refractivity contribution >= 4 is 17.7 Å². The van der Waals surface area contributed by atoms with Crippen molar-refractivity contribution in [2.75, 3.05) is 13.6 Å². The van der Waals surface area contributed by atoms with Gasteiger partial charge in [-0.25, -0.2) is 5.01 Å². The van der Waals surface area contributed by atoms with E-state index in [1.54, 1.807) is 29.3 Å². The Morgan fingerprint density at radius 3 is 2.32 bits per heavy atom. The number of amides is 3. The maximum Gasteiger partial charge on any atom is 0.262 e. The number of imide groups is 1. The Bertz CT molecular complexity index is 658. The fourth-order valence-corrected chi connectivity index (χ4v) is 3.85. The van der Waals surface area contributed by atoms with Crippen LogP contribution < -0.4 is 0 Å². The molecule has 6 heteroatoms. The Balaban J connectivity index is 1.93. The van der Waals surface area contributed by atoms with Crippen molar-refractivity contribution in [3.05, 3.63) is 35.4 Å². The summed E-state index contributed by atoms with van der Waals surface area (Å²) in [5.74, 6) is -0.884. The van der Waals surface area contributed by atoms with Crippen LogP contribution in [0.5, 0.6) is 0 Å². The number of carbonyl (C=O) groups is 3. The first kappa shape index (κ1) is 17.6. The van der Waals surface area contributed by atoms with E-state index < -0.39 is 6.04 Å². The minimum atomic E-state index is -0.750. The molecule has 0 unspecified atom stereocenters. The molecule has 25 heavy (non-hydrogen) atoms. The fraction of sp³-hybridized carbons (Fsp3) is 0.526. The molecule has 1 fully saturated rings. The molecule has 2 aliphatic rings. The lowest BCUT2D eigenvalue weighted by atomic mass is 10.1. The number of hydrazine groups is 1. The fourth-order valence-electron chi connectivity index (χ4n) is 3.85. The van der Waals surface area contributed by atoms with Crippen LogP contribution in [0.4, 0.5) is 0 Å². The highest BCUT2D eigenvalue weighted by atomic mass is 16.2. The molecule has 2 aliphatic heterocycles. The molecule has 3 rings (SSSR count). The minimum Gasteiger partial charge on any atom is -0.271 e. The van der Waals surface area contributed by atoms with Crippen molar-refractivity contribution in [1.29, 1.82) is 0 Å². The van der Waals surface area contributed by atoms with Crippen LogP contribution in [0.25, 0.3) is 0 Å². The summed E-state index contributed by atoms with van der Waals surface area (Å²) < 4.78 is 0. The second-order valence-corrected chi connectivity index (χ2v) is 6.89. The molecule has 6 nitrogen and oxygen atoms in total.